The van der Waals surface area contributed by atoms with E-state index in [1.165, 1.54) is 6.07 Å². The monoisotopic (exact) mass is 264 g/mol. The molecule has 1 aliphatic rings. The maximum atomic E-state index is 10.9. The van der Waals surface area contributed by atoms with Gasteiger partial charge in [0.15, 0.2) is 0 Å². The fourth-order valence-electron chi connectivity index (χ4n) is 2.73. The number of aliphatic hydroxyl groups is 1. The number of benzene rings is 1. The normalized spacial score (nSPS) is 24.9. The summed E-state index contributed by atoms with van der Waals surface area (Å²) >= 11 is 0. The van der Waals surface area contributed by atoms with Crippen LogP contribution in [0.5, 0.6) is 0 Å². The third-order valence-corrected chi connectivity index (χ3v) is 3.76. The molecule has 5 heteroatoms. The molecule has 0 bridgehead atoms. The minimum absolute atomic E-state index is 0.00106. The van der Waals surface area contributed by atoms with Crippen LogP contribution in [-0.4, -0.2) is 22.6 Å². The quantitative estimate of drug-likeness (QED) is 0.647. The van der Waals surface area contributed by atoms with Crippen LogP contribution < -0.4 is 5.32 Å². The van der Waals surface area contributed by atoms with Gasteiger partial charge in [-0.25, -0.2) is 0 Å². The number of hydrogen-bond acceptors (Lipinski definition) is 4. The van der Waals surface area contributed by atoms with E-state index < -0.39 is 11.0 Å². The second-order valence-corrected chi connectivity index (χ2v) is 5.35. The Bertz CT molecular complexity index is 450. The van der Waals surface area contributed by atoms with E-state index in [-0.39, 0.29) is 11.7 Å². The molecule has 0 radical (unpaired) electrons. The minimum Gasteiger partial charge on any atom is -0.388 e. The van der Waals surface area contributed by atoms with Crippen molar-refractivity contribution in [3.63, 3.8) is 0 Å². The Balaban J connectivity index is 2.07. The fraction of sp³-hybridized carbons (Fsp3) is 0.571. The standard InChI is InChI=1S/C14H20N2O3/c1-10-6-7-15-11(8-10)9-14(17)12-4-2-3-5-13(12)16(18)19/h2-5,10-11,14-15,17H,6-9H2,1H3. The molecule has 0 spiro atoms. The van der Waals surface area contributed by atoms with Crippen molar-refractivity contribution in [1.29, 1.82) is 0 Å². The van der Waals surface area contributed by atoms with Crippen LogP contribution >= 0.6 is 0 Å². The lowest BCUT2D eigenvalue weighted by atomic mass is 9.89. The van der Waals surface area contributed by atoms with Crippen LogP contribution in [0.2, 0.25) is 0 Å². The number of hydrogen-bond donors (Lipinski definition) is 2. The highest BCUT2D eigenvalue weighted by Crippen LogP contribution is 2.29. The average Bonchev–Trinajstić information content (AvgIpc) is 2.38. The minimum atomic E-state index is -0.788. The Morgan fingerprint density at radius 1 is 1.53 bits per heavy atom. The second kappa shape index (κ2) is 6.12. The van der Waals surface area contributed by atoms with Gasteiger partial charge in [0, 0.05) is 12.1 Å². The Kier molecular flexibility index (Phi) is 4.50. The molecule has 3 unspecified atom stereocenters. The van der Waals surface area contributed by atoms with Gasteiger partial charge in [0.25, 0.3) is 5.69 Å². The van der Waals surface area contributed by atoms with Gasteiger partial charge in [0.1, 0.15) is 0 Å². The van der Waals surface area contributed by atoms with Crippen molar-refractivity contribution in [2.75, 3.05) is 6.54 Å². The van der Waals surface area contributed by atoms with Crippen LogP contribution in [0.15, 0.2) is 24.3 Å². The number of aliphatic hydroxyl groups excluding tert-OH is 1. The zero-order valence-electron chi connectivity index (χ0n) is 11.1. The number of piperidine rings is 1. The summed E-state index contributed by atoms with van der Waals surface area (Å²) in [5.41, 5.74) is 0.409. The van der Waals surface area contributed by atoms with Crippen molar-refractivity contribution in [3.8, 4) is 0 Å². The molecule has 1 heterocycles. The predicted octanol–water partition coefficient (Wildman–Crippen LogP) is 2.41. The Morgan fingerprint density at radius 2 is 2.26 bits per heavy atom. The lowest BCUT2D eigenvalue weighted by Crippen LogP contribution is -2.38. The molecular formula is C14H20N2O3. The summed E-state index contributed by atoms with van der Waals surface area (Å²) in [7, 11) is 0. The van der Waals surface area contributed by atoms with Crippen molar-refractivity contribution in [3.05, 3.63) is 39.9 Å². The zero-order valence-corrected chi connectivity index (χ0v) is 11.1. The van der Waals surface area contributed by atoms with E-state index in [2.05, 4.69) is 12.2 Å². The molecule has 1 saturated heterocycles. The van der Waals surface area contributed by atoms with Gasteiger partial charge in [0.2, 0.25) is 0 Å². The van der Waals surface area contributed by atoms with Crippen molar-refractivity contribution in [1.82, 2.24) is 5.32 Å². The van der Waals surface area contributed by atoms with E-state index in [4.69, 9.17) is 0 Å². The Labute approximate surface area is 112 Å². The van der Waals surface area contributed by atoms with E-state index >= 15 is 0 Å². The first kappa shape index (κ1) is 14.0. The first-order valence-corrected chi connectivity index (χ1v) is 6.72. The lowest BCUT2D eigenvalue weighted by Gasteiger charge is -2.29. The molecule has 104 valence electrons. The number of para-hydroxylation sites is 1. The van der Waals surface area contributed by atoms with Gasteiger partial charge in [0.05, 0.1) is 16.6 Å². The van der Waals surface area contributed by atoms with E-state index in [0.717, 1.165) is 19.4 Å². The van der Waals surface area contributed by atoms with E-state index in [1.807, 2.05) is 0 Å². The van der Waals surface area contributed by atoms with E-state index in [9.17, 15) is 15.2 Å². The predicted molar refractivity (Wildman–Crippen MR) is 72.9 cm³/mol. The Morgan fingerprint density at radius 3 is 2.95 bits per heavy atom. The molecule has 19 heavy (non-hydrogen) atoms. The summed E-state index contributed by atoms with van der Waals surface area (Å²) in [6, 6.07) is 6.65. The average molecular weight is 264 g/mol. The summed E-state index contributed by atoms with van der Waals surface area (Å²) in [5.74, 6) is 0.643. The van der Waals surface area contributed by atoms with Crippen LogP contribution in [0.4, 0.5) is 5.69 Å². The lowest BCUT2D eigenvalue weighted by molar-refractivity contribution is -0.386. The van der Waals surface area contributed by atoms with Gasteiger partial charge >= 0.3 is 0 Å². The molecular weight excluding hydrogens is 244 g/mol. The Hall–Kier alpha value is -1.46. The number of nitrogens with one attached hydrogen (secondary N) is 1. The maximum Gasteiger partial charge on any atom is 0.275 e. The van der Waals surface area contributed by atoms with Crippen LogP contribution in [0.25, 0.3) is 0 Å². The molecule has 0 amide bonds. The van der Waals surface area contributed by atoms with Gasteiger partial charge in [-0.1, -0.05) is 19.1 Å². The maximum absolute atomic E-state index is 10.9. The van der Waals surface area contributed by atoms with Crippen molar-refractivity contribution < 1.29 is 10.0 Å². The molecule has 1 fully saturated rings. The SMILES string of the molecule is CC1CCNC(CC(O)c2ccccc2[N+](=O)[O-])C1. The van der Waals surface area contributed by atoms with Crippen LogP contribution in [0, 0.1) is 16.0 Å². The highest BCUT2D eigenvalue weighted by molar-refractivity contribution is 5.41. The van der Waals surface area contributed by atoms with Gasteiger partial charge in [-0.05, 0) is 37.8 Å². The van der Waals surface area contributed by atoms with Crippen molar-refractivity contribution >= 4 is 5.69 Å². The van der Waals surface area contributed by atoms with E-state index in [0.29, 0.717) is 17.9 Å². The third kappa shape index (κ3) is 3.52. The van der Waals surface area contributed by atoms with Crippen molar-refractivity contribution in [2.24, 2.45) is 5.92 Å². The zero-order chi connectivity index (χ0) is 13.8. The fourth-order valence-corrected chi connectivity index (χ4v) is 2.73. The highest BCUT2D eigenvalue weighted by Gasteiger charge is 2.25. The van der Waals surface area contributed by atoms with E-state index in [1.54, 1.807) is 18.2 Å². The van der Waals surface area contributed by atoms with Crippen LogP contribution in [0.3, 0.4) is 0 Å². The molecule has 1 aliphatic heterocycles. The molecule has 0 saturated carbocycles. The first-order valence-electron chi connectivity index (χ1n) is 6.72. The molecule has 3 atom stereocenters. The summed E-state index contributed by atoms with van der Waals surface area (Å²) in [6.07, 6.45) is 1.90. The topological polar surface area (TPSA) is 75.4 Å². The third-order valence-electron chi connectivity index (χ3n) is 3.76. The van der Waals surface area contributed by atoms with Crippen LogP contribution in [0.1, 0.15) is 37.9 Å². The van der Waals surface area contributed by atoms with Gasteiger partial charge in [-0.15, -0.1) is 0 Å². The first-order chi connectivity index (χ1) is 9.08. The van der Waals surface area contributed by atoms with Gasteiger partial charge in [-0.3, -0.25) is 10.1 Å². The summed E-state index contributed by atoms with van der Waals surface area (Å²) in [6.45, 7) is 3.15. The molecule has 0 aliphatic carbocycles. The summed E-state index contributed by atoms with van der Waals surface area (Å²) in [4.78, 5) is 10.5. The highest BCUT2D eigenvalue weighted by atomic mass is 16.6. The number of nitro benzene ring substituents is 1. The largest absolute Gasteiger partial charge is 0.388 e. The number of nitro groups is 1. The van der Waals surface area contributed by atoms with Gasteiger partial charge in [-0.2, -0.15) is 0 Å². The summed E-state index contributed by atoms with van der Waals surface area (Å²) in [5, 5.41) is 24.6. The molecule has 0 aromatic heterocycles. The molecule has 1 aromatic carbocycles. The number of rotatable bonds is 4. The van der Waals surface area contributed by atoms with Gasteiger partial charge < -0.3 is 10.4 Å². The summed E-state index contributed by atoms with van der Waals surface area (Å²) < 4.78 is 0. The molecule has 1 aromatic rings. The molecule has 5 nitrogen and oxygen atoms in total. The smallest absolute Gasteiger partial charge is 0.275 e. The van der Waals surface area contributed by atoms with Crippen molar-refractivity contribution in [2.45, 2.75) is 38.3 Å². The molecule has 2 rings (SSSR count). The number of nitrogens with zero attached hydrogens (tertiary/aromatic N) is 1. The van der Waals surface area contributed by atoms with Crippen LogP contribution in [-0.2, 0) is 0 Å². The molecule has 2 N–H and O–H groups in total. The second-order valence-electron chi connectivity index (χ2n) is 5.35.